The smallest absolute Gasteiger partial charge is 0.273 e. The van der Waals surface area contributed by atoms with Gasteiger partial charge in [-0.05, 0) is 42.4 Å². The second-order valence-electron chi connectivity index (χ2n) is 8.35. The van der Waals surface area contributed by atoms with Gasteiger partial charge in [0, 0.05) is 18.8 Å². The fourth-order valence-corrected chi connectivity index (χ4v) is 4.76. The lowest BCUT2D eigenvalue weighted by Gasteiger charge is -2.30. The molecular weight excluding hydrogens is 398 g/mol. The van der Waals surface area contributed by atoms with Crippen molar-refractivity contribution in [3.8, 4) is 0 Å². The third-order valence-electron chi connectivity index (χ3n) is 5.48. The van der Waals surface area contributed by atoms with E-state index in [1.807, 2.05) is 24.3 Å². The van der Waals surface area contributed by atoms with Crippen LogP contribution in [0.15, 0.2) is 35.4 Å². The molecule has 0 spiro atoms. The van der Waals surface area contributed by atoms with Gasteiger partial charge in [-0.15, -0.1) is 0 Å². The van der Waals surface area contributed by atoms with Crippen LogP contribution in [0.5, 0.6) is 0 Å². The standard InChI is InChI=1S/C22H27N5O2S/c1-14(2)16-6-8-17(9-7-16)24-18(28)12-27-13-23-20-19(21(27)29)30-22(25-20)26-10-4-5-15(3)11-26/h6-9,13-15H,4-5,10-12H2,1-3H3,(H,24,28). The van der Waals surface area contributed by atoms with E-state index < -0.39 is 0 Å². The molecule has 2 aromatic heterocycles. The molecule has 0 aliphatic carbocycles. The second kappa shape index (κ2) is 8.55. The molecule has 0 bridgehead atoms. The molecule has 8 heteroatoms. The van der Waals surface area contributed by atoms with Crippen LogP contribution in [0.25, 0.3) is 10.3 Å². The molecule has 0 radical (unpaired) electrons. The fraction of sp³-hybridized carbons (Fsp3) is 0.455. The van der Waals surface area contributed by atoms with Crippen molar-refractivity contribution in [2.24, 2.45) is 5.92 Å². The van der Waals surface area contributed by atoms with Crippen LogP contribution in [-0.4, -0.2) is 33.5 Å². The van der Waals surface area contributed by atoms with E-state index in [2.05, 4.69) is 41.0 Å². The van der Waals surface area contributed by atoms with E-state index in [9.17, 15) is 9.59 Å². The molecule has 1 atom stereocenters. The number of fused-ring (bicyclic) bond motifs is 1. The van der Waals surface area contributed by atoms with Crippen LogP contribution in [0.1, 0.15) is 45.1 Å². The van der Waals surface area contributed by atoms with E-state index in [4.69, 9.17) is 0 Å². The number of carbonyl (C=O) groups is 1. The highest BCUT2D eigenvalue weighted by Crippen LogP contribution is 2.29. The third-order valence-corrected chi connectivity index (χ3v) is 6.57. The molecule has 0 saturated carbocycles. The van der Waals surface area contributed by atoms with Gasteiger partial charge in [-0.1, -0.05) is 44.2 Å². The van der Waals surface area contributed by atoms with Crippen molar-refractivity contribution in [2.75, 3.05) is 23.3 Å². The van der Waals surface area contributed by atoms with Crippen LogP contribution in [-0.2, 0) is 11.3 Å². The fourth-order valence-electron chi connectivity index (χ4n) is 3.75. The van der Waals surface area contributed by atoms with E-state index in [1.165, 1.54) is 34.2 Å². The predicted molar refractivity (Wildman–Crippen MR) is 121 cm³/mol. The number of carbonyl (C=O) groups excluding carboxylic acids is 1. The molecule has 1 aliphatic heterocycles. The van der Waals surface area contributed by atoms with Gasteiger partial charge in [0.05, 0.1) is 0 Å². The maximum atomic E-state index is 12.9. The summed E-state index contributed by atoms with van der Waals surface area (Å²) in [5, 5.41) is 3.69. The summed E-state index contributed by atoms with van der Waals surface area (Å²) in [6, 6.07) is 7.76. The summed E-state index contributed by atoms with van der Waals surface area (Å²) >= 11 is 1.37. The predicted octanol–water partition coefficient (Wildman–Crippen LogP) is 3.85. The van der Waals surface area contributed by atoms with Gasteiger partial charge in [-0.25, -0.2) is 4.98 Å². The summed E-state index contributed by atoms with van der Waals surface area (Å²) in [5.41, 5.74) is 2.16. The van der Waals surface area contributed by atoms with Crippen LogP contribution in [0.3, 0.4) is 0 Å². The Morgan fingerprint density at radius 3 is 2.77 bits per heavy atom. The normalized spacial score (nSPS) is 16.9. The van der Waals surface area contributed by atoms with Crippen LogP contribution in [0.4, 0.5) is 10.8 Å². The van der Waals surface area contributed by atoms with Crippen LogP contribution in [0.2, 0.25) is 0 Å². The Bertz CT molecular complexity index is 1100. The minimum atomic E-state index is -0.259. The SMILES string of the molecule is CC1CCCN(c2nc3ncn(CC(=O)Nc4ccc(C(C)C)cc4)c(=O)c3s2)C1. The van der Waals surface area contributed by atoms with E-state index in [0.29, 0.717) is 27.9 Å². The Morgan fingerprint density at radius 2 is 2.07 bits per heavy atom. The molecule has 4 rings (SSSR count). The molecule has 1 aliphatic rings. The zero-order valence-corrected chi connectivity index (χ0v) is 18.4. The lowest BCUT2D eigenvalue weighted by molar-refractivity contribution is -0.116. The molecule has 1 amide bonds. The summed E-state index contributed by atoms with van der Waals surface area (Å²) in [7, 11) is 0. The van der Waals surface area contributed by atoms with Gasteiger partial charge >= 0.3 is 0 Å². The largest absolute Gasteiger partial charge is 0.348 e. The average molecular weight is 426 g/mol. The lowest BCUT2D eigenvalue weighted by Crippen LogP contribution is -2.34. The number of hydrogen-bond acceptors (Lipinski definition) is 6. The molecule has 1 fully saturated rings. The van der Waals surface area contributed by atoms with Gasteiger partial charge in [0.25, 0.3) is 5.56 Å². The average Bonchev–Trinajstić information content (AvgIpc) is 3.16. The molecule has 7 nitrogen and oxygen atoms in total. The highest BCUT2D eigenvalue weighted by atomic mass is 32.1. The van der Waals surface area contributed by atoms with Gasteiger partial charge in [-0.2, -0.15) is 4.98 Å². The van der Waals surface area contributed by atoms with Gasteiger partial charge in [0.15, 0.2) is 10.8 Å². The van der Waals surface area contributed by atoms with E-state index in [1.54, 1.807) is 0 Å². The first kappa shape index (κ1) is 20.5. The Morgan fingerprint density at radius 1 is 1.30 bits per heavy atom. The van der Waals surface area contributed by atoms with Gasteiger partial charge in [0.2, 0.25) is 5.91 Å². The molecule has 3 heterocycles. The summed E-state index contributed by atoms with van der Waals surface area (Å²) in [4.78, 5) is 36.5. The number of amides is 1. The first-order valence-electron chi connectivity index (χ1n) is 10.4. The zero-order chi connectivity index (χ0) is 21.3. The second-order valence-corrected chi connectivity index (χ2v) is 9.32. The minimum Gasteiger partial charge on any atom is -0.348 e. The van der Waals surface area contributed by atoms with Crippen molar-refractivity contribution in [1.29, 1.82) is 0 Å². The van der Waals surface area contributed by atoms with Crippen molar-refractivity contribution in [2.45, 2.75) is 46.1 Å². The number of rotatable bonds is 5. The third kappa shape index (κ3) is 4.38. The Kier molecular flexibility index (Phi) is 5.85. The molecule has 30 heavy (non-hydrogen) atoms. The minimum absolute atomic E-state index is 0.0817. The Balaban J connectivity index is 1.49. The summed E-state index contributed by atoms with van der Waals surface area (Å²) in [6.45, 7) is 8.31. The summed E-state index contributed by atoms with van der Waals surface area (Å²) in [5.74, 6) is 0.794. The number of hydrogen-bond donors (Lipinski definition) is 1. The number of nitrogens with zero attached hydrogens (tertiary/aromatic N) is 4. The maximum Gasteiger partial charge on any atom is 0.273 e. The first-order chi connectivity index (χ1) is 14.4. The molecule has 3 aromatic rings. The van der Waals surface area contributed by atoms with Crippen LogP contribution in [0, 0.1) is 5.92 Å². The van der Waals surface area contributed by atoms with Crippen molar-refractivity contribution < 1.29 is 4.79 Å². The zero-order valence-electron chi connectivity index (χ0n) is 17.6. The van der Waals surface area contributed by atoms with Crippen LogP contribution >= 0.6 is 11.3 Å². The van der Waals surface area contributed by atoms with Crippen molar-refractivity contribution in [3.05, 3.63) is 46.5 Å². The monoisotopic (exact) mass is 425 g/mol. The van der Waals surface area contributed by atoms with E-state index in [0.717, 1.165) is 24.6 Å². The van der Waals surface area contributed by atoms with Gasteiger partial charge < -0.3 is 10.2 Å². The topological polar surface area (TPSA) is 80.1 Å². The van der Waals surface area contributed by atoms with Gasteiger partial charge in [-0.3, -0.25) is 14.2 Å². The molecule has 1 saturated heterocycles. The van der Waals surface area contributed by atoms with Crippen molar-refractivity contribution >= 4 is 38.4 Å². The number of benzene rings is 1. The molecule has 158 valence electrons. The maximum absolute atomic E-state index is 12.9. The molecule has 1 unspecified atom stereocenters. The molecule has 1 aromatic carbocycles. The highest BCUT2D eigenvalue weighted by molar-refractivity contribution is 7.22. The number of nitrogens with one attached hydrogen (secondary N) is 1. The molecule has 1 N–H and O–H groups in total. The van der Waals surface area contributed by atoms with E-state index >= 15 is 0 Å². The highest BCUT2D eigenvalue weighted by Gasteiger charge is 2.21. The Hall–Kier alpha value is -2.74. The number of piperidine rings is 1. The van der Waals surface area contributed by atoms with Crippen LogP contribution < -0.4 is 15.8 Å². The molecular formula is C22H27N5O2S. The van der Waals surface area contributed by atoms with E-state index in [-0.39, 0.29) is 18.0 Å². The van der Waals surface area contributed by atoms with Crippen molar-refractivity contribution in [3.63, 3.8) is 0 Å². The Labute approximate surface area is 179 Å². The number of anilines is 2. The lowest BCUT2D eigenvalue weighted by atomic mass is 10.0. The number of aromatic nitrogens is 3. The quantitative estimate of drug-likeness (QED) is 0.672. The van der Waals surface area contributed by atoms with Crippen molar-refractivity contribution in [1.82, 2.24) is 14.5 Å². The summed E-state index contributed by atoms with van der Waals surface area (Å²) in [6.07, 6.45) is 3.77. The van der Waals surface area contributed by atoms with Gasteiger partial charge in [0.1, 0.15) is 17.6 Å². The first-order valence-corrected chi connectivity index (χ1v) is 11.2. The number of thiazole rings is 1. The summed E-state index contributed by atoms with van der Waals surface area (Å²) < 4.78 is 1.85.